The monoisotopic (exact) mass is 415 g/mol. The number of aromatic amines is 1. The van der Waals surface area contributed by atoms with Crippen molar-refractivity contribution >= 4 is 44.5 Å². The molecule has 0 fully saturated rings. The van der Waals surface area contributed by atoms with Crippen LogP contribution in [-0.4, -0.2) is 33.1 Å². The zero-order valence-electron chi connectivity index (χ0n) is 13.7. The van der Waals surface area contributed by atoms with Crippen LogP contribution in [0.1, 0.15) is 16.8 Å². The first-order valence-corrected chi connectivity index (χ1v) is 10.2. The molecule has 0 saturated carbocycles. The van der Waals surface area contributed by atoms with E-state index < -0.39 is 0 Å². The molecule has 0 unspecified atom stereocenters. The minimum absolute atomic E-state index is 0.212. The van der Waals surface area contributed by atoms with Crippen molar-refractivity contribution in [3.8, 4) is 0 Å². The maximum Gasteiger partial charge on any atom is 0.232 e. The molecular weight excluding hydrogens is 398 g/mol. The maximum atomic E-state index is 12.6. The van der Waals surface area contributed by atoms with Crippen molar-refractivity contribution < 1.29 is 4.79 Å². The number of benzene rings is 1. The highest BCUT2D eigenvalue weighted by Crippen LogP contribution is 2.32. The van der Waals surface area contributed by atoms with Crippen LogP contribution < -0.4 is 0 Å². The fourth-order valence-corrected chi connectivity index (χ4v) is 4.58. The average molecular weight is 416 g/mol. The summed E-state index contributed by atoms with van der Waals surface area (Å²) in [4.78, 5) is 22.2. The molecule has 4 nitrogen and oxygen atoms in total. The van der Waals surface area contributed by atoms with Crippen LogP contribution in [0.3, 0.4) is 0 Å². The number of carbonyl (C=O) groups excluding carboxylic acids is 1. The third-order valence-electron chi connectivity index (χ3n) is 4.53. The summed E-state index contributed by atoms with van der Waals surface area (Å²) in [5.41, 5.74) is 4.80. The van der Waals surface area contributed by atoms with Crippen LogP contribution in [0.2, 0.25) is 0 Å². The van der Waals surface area contributed by atoms with Gasteiger partial charge < -0.3 is 9.88 Å². The Bertz CT molecular complexity index is 910. The Morgan fingerprint density at radius 3 is 3.08 bits per heavy atom. The van der Waals surface area contributed by atoms with Crippen LogP contribution in [-0.2, 0) is 23.5 Å². The molecule has 1 N–H and O–H groups in total. The molecular formula is C19H18BrN3OS. The van der Waals surface area contributed by atoms with Gasteiger partial charge >= 0.3 is 0 Å². The summed E-state index contributed by atoms with van der Waals surface area (Å²) in [6, 6.07) is 10.2. The third kappa shape index (κ3) is 3.46. The van der Waals surface area contributed by atoms with Crippen molar-refractivity contribution in [1.29, 1.82) is 0 Å². The van der Waals surface area contributed by atoms with Gasteiger partial charge in [-0.25, -0.2) is 0 Å². The molecule has 1 aromatic carbocycles. The van der Waals surface area contributed by atoms with E-state index in [2.05, 4.69) is 32.0 Å². The Labute approximate surface area is 159 Å². The van der Waals surface area contributed by atoms with Crippen LogP contribution in [0.15, 0.2) is 47.2 Å². The fraction of sp³-hybridized carbons (Fsp3) is 0.263. The van der Waals surface area contributed by atoms with E-state index in [1.807, 2.05) is 35.4 Å². The lowest BCUT2D eigenvalue weighted by atomic mass is 10.0. The standard InChI is InChI=1S/C19H18BrN3OS/c20-16-5-1-4-14-15-10-23(8-6-17(15)22-19(14)16)18(24)12-25-11-13-3-2-7-21-9-13/h1-5,7,9,22H,6,8,10-12H2. The van der Waals surface area contributed by atoms with E-state index in [9.17, 15) is 4.79 Å². The number of carbonyl (C=O) groups is 1. The van der Waals surface area contributed by atoms with Crippen molar-refractivity contribution in [1.82, 2.24) is 14.9 Å². The number of aromatic nitrogens is 2. The molecule has 3 aromatic rings. The molecule has 3 heterocycles. The van der Waals surface area contributed by atoms with E-state index in [0.29, 0.717) is 12.3 Å². The molecule has 6 heteroatoms. The number of hydrogen-bond donors (Lipinski definition) is 1. The van der Waals surface area contributed by atoms with E-state index in [-0.39, 0.29) is 5.91 Å². The quantitative estimate of drug-likeness (QED) is 0.696. The number of fused-ring (bicyclic) bond motifs is 3. The topological polar surface area (TPSA) is 49.0 Å². The minimum Gasteiger partial charge on any atom is -0.357 e. The number of nitrogens with zero attached hydrogens (tertiary/aromatic N) is 2. The summed E-state index contributed by atoms with van der Waals surface area (Å²) >= 11 is 5.25. The van der Waals surface area contributed by atoms with Gasteiger partial charge in [-0.05, 0) is 33.6 Å². The zero-order valence-corrected chi connectivity index (χ0v) is 16.1. The fourth-order valence-electron chi connectivity index (χ4n) is 3.25. The number of nitrogens with one attached hydrogen (secondary N) is 1. The number of amides is 1. The molecule has 0 aliphatic carbocycles. The molecule has 0 bridgehead atoms. The molecule has 25 heavy (non-hydrogen) atoms. The molecule has 0 atom stereocenters. The van der Waals surface area contributed by atoms with Crippen LogP contribution >= 0.6 is 27.7 Å². The smallest absolute Gasteiger partial charge is 0.232 e. The van der Waals surface area contributed by atoms with Gasteiger partial charge in [0.1, 0.15) is 0 Å². The highest BCUT2D eigenvalue weighted by molar-refractivity contribution is 9.10. The Balaban J connectivity index is 1.42. The lowest BCUT2D eigenvalue weighted by molar-refractivity contribution is -0.129. The second kappa shape index (κ2) is 7.22. The van der Waals surface area contributed by atoms with Crippen molar-refractivity contribution in [2.75, 3.05) is 12.3 Å². The number of H-pyrrole nitrogens is 1. The lowest BCUT2D eigenvalue weighted by Gasteiger charge is -2.27. The van der Waals surface area contributed by atoms with E-state index >= 15 is 0 Å². The maximum absolute atomic E-state index is 12.6. The second-order valence-electron chi connectivity index (χ2n) is 6.16. The van der Waals surface area contributed by atoms with Gasteiger partial charge in [0.05, 0.1) is 11.3 Å². The summed E-state index contributed by atoms with van der Waals surface area (Å²) < 4.78 is 1.07. The average Bonchev–Trinajstić information content (AvgIpc) is 3.02. The predicted octanol–water partition coefficient (Wildman–Crippen LogP) is 4.14. The SMILES string of the molecule is O=C(CSCc1cccnc1)N1CCc2[nH]c3c(Br)cccc3c2C1. The minimum atomic E-state index is 0.212. The number of hydrogen-bond acceptors (Lipinski definition) is 3. The van der Waals surface area contributed by atoms with E-state index in [1.165, 1.54) is 16.6 Å². The van der Waals surface area contributed by atoms with E-state index in [4.69, 9.17) is 0 Å². The first kappa shape index (κ1) is 16.7. The zero-order chi connectivity index (χ0) is 17.2. The predicted molar refractivity (Wildman–Crippen MR) is 106 cm³/mol. The molecule has 4 rings (SSSR count). The van der Waals surface area contributed by atoms with Gasteiger partial charge in [0.25, 0.3) is 0 Å². The summed E-state index contributed by atoms with van der Waals surface area (Å²) in [5, 5.41) is 1.21. The van der Waals surface area contributed by atoms with Crippen LogP contribution in [0, 0.1) is 0 Å². The normalized spacial score (nSPS) is 13.9. The first-order valence-electron chi connectivity index (χ1n) is 8.25. The van der Waals surface area contributed by atoms with E-state index in [0.717, 1.165) is 34.3 Å². The third-order valence-corrected chi connectivity index (χ3v) is 6.18. The van der Waals surface area contributed by atoms with Gasteiger partial charge in [0, 0.05) is 58.8 Å². The Hall–Kier alpha value is -1.79. The van der Waals surface area contributed by atoms with Gasteiger partial charge in [0.15, 0.2) is 0 Å². The first-order chi connectivity index (χ1) is 12.2. The van der Waals surface area contributed by atoms with Gasteiger partial charge in [-0.1, -0.05) is 18.2 Å². The number of halogens is 1. The Kier molecular flexibility index (Phi) is 4.81. The molecule has 0 spiro atoms. The van der Waals surface area contributed by atoms with Crippen molar-refractivity contribution in [3.05, 3.63) is 64.0 Å². The number of para-hydroxylation sites is 1. The highest BCUT2D eigenvalue weighted by Gasteiger charge is 2.24. The molecule has 128 valence electrons. The van der Waals surface area contributed by atoms with E-state index in [1.54, 1.807) is 18.0 Å². The largest absolute Gasteiger partial charge is 0.357 e. The number of pyridine rings is 1. The van der Waals surface area contributed by atoms with Crippen molar-refractivity contribution in [2.24, 2.45) is 0 Å². The van der Waals surface area contributed by atoms with Gasteiger partial charge in [0.2, 0.25) is 5.91 Å². The molecule has 1 aliphatic heterocycles. The van der Waals surface area contributed by atoms with Gasteiger partial charge in [-0.2, -0.15) is 0 Å². The summed E-state index contributed by atoms with van der Waals surface area (Å²) in [6.45, 7) is 1.47. The van der Waals surface area contributed by atoms with Crippen molar-refractivity contribution in [3.63, 3.8) is 0 Å². The van der Waals surface area contributed by atoms with Crippen LogP contribution in [0.4, 0.5) is 0 Å². The molecule has 0 saturated heterocycles. The second-order valence-corrected chi connectivity index (χ2v) is 8.00. The van der Waals surface area contributed by atoms with Crippen LogP contribution in [0.5, 0.6) is 0 Å². The van der Waals surface area contributed by atoms with Gasteiger partial charge in [-0.15, -0.1) is 11.8 Å². The molecule has 0 radical (unpaired) electrons. The molecule has 1 aliphatic rings. The highest BCUT2D eigenvalue weighted by atomic mass is 79.9. The van der Waals surface area contributed by atoms with Gasteiger partial charge in [-0.3, -0.25) is 9.78 Å². The summed E-state index contributed by atoms with van der Waals surface area (Å²) in [6.07, 6.45) is 4.51. The summed E-state index contributed by atoms with van der Waals surface area (Å²) in [7, 11) is 0. The molecule has 2 aromatic heterocycles. The number of rotatable bonds is 4. The lowest BCUT2D eigenvalue weighted by Crippen LogP contribution is -2.36. The summed E-state index contributed by atoms with van der Waals surface area (Å²) in [5.74, 6) is 1.54. The Morgan fingerprint density at radius 2 is 2.24 bits per heavy atom. The number of thioether (sulfide) groups is 1. The molecule has 1 amide bonds. The van der Waals surface area contributed by atoms with Crippen LogP contribution in [0.25, 0.3) is 10.9 Å². The van der Waals surface area contributed by atoms with Crippen molar-refractivity contribution in [2.45, 2.75) is 18.7 Å². The Morgan fingerprint density at radius 1 is 1.32 bits per heavy atom.